The summed E-state index contributed by atoms with van der Waals surface area (Å²) in [5.41, 5.74) is 7.12. The van der Waals surface area contributed by atoms with Gasteiger partial charge in [0.2, 0.25) is 0 Å². The summed E-state index contributed by atoms with van der Waals surface area (Å²) in [6.07, 6.45) is 2.36. The van der Waals surface area contributed by atoms with Crippen LogP contribution in [0.5, 0.6) is 0 Å². The van der Waals surface area contributed by atoms with Crippen LogP contribution >= 0.6 is 0 Å². The molecule has 0 heterocycles. The Hall–Kier alpha value is -1.02. The maximum Gasteiger partial charge on any atom is -0.162 e. The van der Waals surface area contributed by atoms with Crippen LogP contribution in [0.15, 0.2) is 54.1 Å². The van der Waals surface area contributed by atoms with E-state index in [4.69, 9.17) is 0 Å². The number of allylic oxidation sites excluding steroid dienone is 1. The van der Waals surface area contributed by atoms with Crippen LogP contribution in [-0.4, -0.2) is 28.2 Å². The van der Waals surface area contributed by atoms with E-state index in [2.05, 4.69) is 72.2 Å². The quantitative estimate of drug-likeness (QED) is 0.612. The predicted molar refractivity (Wildman–Crippen MR) is 98.7 cm³/mol. The molecule has 2 aromatic carbocycles. The van der Waals surface area contributed by atoms with Crippen LogP contribution in [0.25, 0.3) is 27.8 Å². The molecule has 0 radical (unpaired) electrons. The summed E-state index contributed by atoms with van der Waals surface area (Å²) in [4.78, 5) is 0. The molecule has 1 aliphatic rings. The summed E-state index contributed by atoms with van der Waals surface area (Å²) in [5, 5.41) is 7.00. The first-order valence-corrected chi connectivity index (χ1v) is 9.06. The molecule has 3 heteroatoms. The average Bonchev–Trinajstić information content (AvgIpc) is 2.85. The van der Waals surface area contributed by atoms with Crippen molar-refractivity contribution < 1.29 is 24.7 Å². The van der Waals surface area contributed by atoms with Gasteiger partial charge < -0.3 is 10.6 Å². The summed E-state index contributed by atoms with van der Waals surface area (Å²) >= 11 is 1.58. The minimum atomic E-state index is 0.654. The Kier molecular flexibility index (Phi) is 9.32. The summed E-state index contributed by atoms with van der Waals surface area (Å²) in [6, 6.07) is 17.3. The van der Waals surface area contributed by atoms with E-state index in [1.807, 2.05) is 0 Å². The van der Waals surface area contributed by atoms with Gasteiger partial charge in [0.05, 0.1) is 0 Å². The Morgan fingerprint density at radius 3 is 1.96 bits per heavy atom. The van der Waals surface area contributed by atoms with Crippen LogP contribution in [0.1, 0.15) is 21.7 Å². The Morgan fingerprint density at radius 2 is 1.39 bits per heavy atom. The van der Waals surface area contributed by atoms with Crippen molar-refractivity contribution in [1.82, 2.24) is 0 Å². The van der Waals surface area contributed by atoms with Gasteiger partial charge in [0.25, 0.3) is 0 Å². The first-order valence-electron chi connectivity index (χ1n) is 7.64. The molecule has 0 aliphatic heterocycles. The molecule has 0 bridgehead atoms. The van der Waals surface area contributed by atoms with Gasteiger partial charge in [0, 0.05) is 0 Å². The second kappa shape index (κ2) is 10.7. The van der Waals surface area contributed by atoms with Crippen molar-refractivity contribution in [3.8, 4) is 11.1 Å². The zero-order valence-electron chi connectivity index (χ0n) is 14.7. The molecule has 3 rings (SSSR count). The minimum Gasteiger partial charge on any atom is -0.668 e. The molecular formula is C20H25N2Zr. The van der Waals surface area contributed by atoms with Crippen LogP contribution < -0.4 is 0 Å². The normalized spacial score (nSPS) is 14.7. The van der Waals surface area contributed by atoms with E-state index in [1.54, 1.807) is 52.9 Å². The fourth-order valence-corrected chi connectivity index (χ4v) is 3.25. The summed E-state index contributed by atoms with van der Waals surface area (Å²) < 4.78 is 0.654. The number of fused-ring (bicyclic) bond motifs is 1. The van der Waals surface area contributed by atoms with Gasteiger partial charge in [-0.3, -0.25) is 0 Å². The molecule has 0 spiro atoms. The smallest absolute Gasteiger partial charge is 0.162 e. The molecule has 0 saturated carbocycles. The number of benzene rings is 2. The summed E-state index contributed by atoms with van der Waals surface area (Å²) in [7, 11) is 7.00. The van der Waals surface area contributed by atoms with Gasteiger partial charge in [0.15, 0.2) is 0 Å². The number of hydrogen-bond donors (Lipinski definition) is 0. The van der Waals surface area contributed by atoms with Crippen molar-refractivity contribution in [3.05, 3.63) is 75.9 Å². The monoisotopic (exact) mass is 383 g/mol. The zero-order chi connectivity index (χ0) is 17.2. The molecule has 0 saturated heterocycles. The zero-order valence-corrected chi connectivity index (χ0v) is 17.1. The maximum absolute atomic E-state index is 3.50. The van der Waals surface area contributed by atoms with Crippen LogP contribution in [0.3, 0.4) is 0 Å². The van der Waals surface area contributed by atoms with Gasteiger partial charge in [-0.2, -0.15) is 28.2 Å². The molecule has 2 aromatic rings. The molecular weight excluding hydrogens is 359 g/mol. The van der Waals surface area contributed by atoms with Crippen LogP contribution in [0.4, 0.5) is 0 Å². The molecule has 23 heavy (non-hydrogen) atoms. The Morgan fingerprint density at radius 1 is 0.826 bits per heavy atom. The predicted octanol–water partition coefficient (Wildman–Crippen LogP) is 5.60. The van der Waals surface area contributed by atoms with Gasteiger partial charge in [-0.05, 0) is 0 Å². The molecule has 119 valence electrons. The van der Waals surface area contributed by atoms with Crippen LogP contribution in [0, 0.1) is 0 Å². The second-order valence-corrected chi connectivity index (χ2v) is 6.81. The number of nitrogens with zero attached hydrogens (tertiary/aromatic N) is 2. The van der Waals surface area contributed by atoms with Crippen LogP contribution in [0.2, 0.25) is 0 Å². The maximum atomic E-state index is 3.50. The molecule has 2 nitrogen and oxygen atoms in total. The van der Waals surface area contributed by atoms with E-state index >= 15 is 0 Å². The van der Waals surface area contributed by atoms with E-state index in [0.717, 1.165) is 0 Å². The molecule has 0 fully saturated rings. The molecule has 1 unspecified atom stereocenters. The van der Waals surface area contributed by atoms with E-state index in [1.165, 1.54) is 27.8 Å². The number of hydrogen-bond acceptors (Lipinski definition) is 0. The van der Waals surface area contributed by atoms with Gasteiger partial charge >= 0.3 is 118 Å². The van der Waals surface area contributed by atoms with Crippen molar-refractivity contribution in [3.63, 3.8) is 0 Å². The number of rotatable bonds is 1. The third-order valence-corrected chi connectivity index (χ3v) is 5.25. The standard InChI is InChI=1S/C16H13.2C2H6N.Zr/c1-12-10-14-8-5-9-15(16(14)11-12)13-6-3-2-4-7-13;2*1-3-2;/h2-11H,1H3;2*1-2H3;/q;2*-1;+2. The SMILES string of the molecule is CC1=Cc2c(-c3ccccc3)cccc2[CH]1[Zr+2].C[N-]C.C[N-]C. The average molecular weight is 385 g/mol. The molecule has 1 atom stereocenters. The topological polar surface area (TPSA) is 28.2 Å². The molecule has 0 amide bonds. The van der Waals surface area contributed by atoms with Crippen molar-refractivity contribution in [2.75, 3.05) is 28.2 Å². The Labute approximate surface area is 156 Å². The van der Waals surface area contributed by atoms with E-state index in [9.17, 15) is 0 Å². The summed E-state index contributed by atoms with van der Waals surface area (Å²) in [5.74, 6) is 0. The van der Waals surface area contributed by atoms with Gasteiger partial charge in [-0.25, -0.2) is 0 Å². The van der Waals surface area contributed by atoms with E-state index in [0.29, 0.717) is 3.63 Å². The molecule has 1 aliphatic carbocycles. The van der Waals surface area contributed by atoms with Crippen molar-refractivity contribution in [2.24, 2.45) is 0 Å². The fourth-order valence-electron chi connectivity index (χ4n) is 2.42. The van der Waals surface area contributed by atoms with Gasteiger partial charge in [-0.1, -0.05) is 0 Å². The van der Waals surface area contributed by atoms with Gasteiger partial charge in [-0.15, -0.1) is 0 Å². The Balaban J connectivity index is 0.000000387. The van der Waals surface area contributed by atoms with Crippen molar-refractivity contribution in [1.29, 1.82) is 0 Å². The fraction of sp³-hybridized carbons (Fsp3) is 0.300. The van der Waals surface area contributed by atoms with Gasteiger partial charge in [0.1, 0.15) is 0 Å². The second-order valence-electron chi connectivity index (χ2n) is 5.39. The third kappa shape index (κ3) is 5.53. The molecule has 0 N–H and O–H groups in total. The van der Waals surface area contributed by atoms with E-state index < -0.39 is 0 Å². The van der Waals surface area contributed by atoms with Crippen LogP contribution in [-0.2, 0) is 24.7 Å². The largest absolute Gasteiger partial charge is 0.668 e. The minimum absolute atomic E-state index is 0.654. The third-order valence-electron chi connectivity index (χ3n) is 3.36. The van der Waals surface area contributed by atoms with Crippen molar-refractivity contribution in [2.45, 2.75) is 10.5 Å². The first-order chi connectivity index (χ1) is 11.1. The van der Waals surface area contributed by atoms with Crippen molar-refractivity contribution >= 4 is 6.08 Å². The first kappa shape index (κ1) is 20.0. The Bertz CT molecular complexity index is 619. The summed E-state index contributed by atoms with van der Waals surface area (Å²) in [6.45, 7) is 2.24. The molecule has 0 aromatic heterocycles. The van der Waals surface area contributed by atoms with E-state index in [-0.39, 0.29) is 0 Å².